The van der Waals surface area contributed by atoms with E-state index < -0.39 is 0 Å². The van der Waals surface area contributed by atoms with Gasteiger partial charge in [-0.3, -0.25) is 0 Å². The average Bonchev–Trinajstić information content (AvgIpc) is 2.32. The Labute approximate surface area is 93.8 Å². The summed E-state index contributed by atoms with van der Waals surface area (Å²) < 4.78 is 13.6. The molecular weight excluding hydrogens is 201 g/mol. The van der Waals surface area contributed by atoms with Gasteiger partial charge in [0.15, 0.2) is 0 Å². The van der Waals surface area contributed by atoms with E-state index in [0.717, 1.165) is 11.1 Å². The van der Waals surface area contributed by atoms with Gasteiger partial charge in [0, 0.05) is 5.56 Å². The molecule has 0 fully saturated rings. The first kappa shape index (κ1) is 10.4. The first-order valence-corrected chi connectivity index (χ1v) is 4.97. The summed E-state index contributed by atoms with van der Waals surface area (Å²) in [5.41, 5.74) is 2.81. The van der Waals surface area contributed by atoms with E-state index in [0.29, 0.717) is 11.1 Å². The lowest BCUT2D eigenvalue weighted by atomic mass is 10.0. The van der Waals surface area contributed by atoms with Crippen LogP contribution in [0.25, 0.3) is 11.1 Å². The molecular formula is C14H10FN. The summed E-state index contributed by atoms with van der Waals surface area (Å²) in [6, 6.07) is 14.0. The molecule has 0 aliphatic carbocycles. The summed E-state index contributed by atoms with van der Waals surface area (Å²) in [7, 11) is 0. The largest absolute Gasteiger partial charge is 0.206 e. The molecule has 0 saturated carbocycles. The molecule has 0 radical (unpaired) electrons. The lowest BCUT2D eigenvalue weighted by molar-refractivity contribution is 0.631. The van der Waals surface area contributed by atoms with Gasteiger partial charge in [0.2, 0.25) is 0 Å². The minimum atomic E-state index is -0.263. The van der Waals surface area contributed by atoms with E-state index in [2.05, 4.69) is 0 Å². The van der Waals surface area contributed by atoms with Crippen molar-refractivity contribution in [2.75, 3.05) is 0 Å². The fourth-order valence-corrected chi connectivity index (χ4v) is 1.62. The fraction of sp³-hybridized carbons (Fsp3) is 0.0714. The molecule has 0 amide bonds. The highest BCUT2D eigenvalue weighted by molar-refractivity contribution is 5.66. The second-order valence-electron chi connectivity index (χ2n) is 3.68. The van der Waals surface area contributed by atoms with Crippen LogP contribution in [0.4, 0.5) is 4.39 Å². The maximum atomic E-state index is 13.6. The molecule has 0 aliphatic heterocycles. The van der Waals surface area contributed by atoms with Crippen molar-refractivity contribution >= 4 is 0 Å². The number of hydrogen-bond donors (Lipinski definition) is 0. The van der Waals surface area contributed by atoms with Gasteiger partial charge < -0.3 is 0 Å². The number of hydrogen-bond acceptors (Lipinski definition) is 1. The normalized spacial score (nSPS) is 9.81. The Morgan fingerprint density at radius 2 is 1.94 bits per heavy atom. The Morgan fingerprint density at radius 3 is 2.69 bits per heavy atom. The van der Waals surface area contributed by atoms with Crippen molar-refractivity contribution in [2.24, 2.45) is 0 Å². The average molecular weight is 211 g/mol. The lowest BCUT2D eigenvalue weighted by Gasteiger charge is -2.05. The van der Waals surface area contributed by atoms with Gasteiger partial charge in [-0.05, 0) is 36.8 Å². The van der Waals surface area contributed by atoms with Crippen LogP contribution < -0.4 is 0 Å². The monoisotopic (exact) mass is 211 g/mol. The molecule has 0 unspecified atom stereocenters. The molecule has 0 atom stereocenters. The van der Waals surface area contributed by atoms with Crippen molar-refractivity contribution in [1.82, 2.24) is 0 Å². The molecule has 2 aromatic rings. The van der Waals surface area contributed by atoms with Crippen molar-refractivity contribution in [1.29, 1.82) is 5.26 Å². The molecule has 2 rings (SSSR count). The fourth-order valence-electron chi connectivity index (χ4n) is 1.62. The number of halogens is 1. The highest BCUT2D eigenvalue weighted by atomic mass is 19.1. The zero-order valence-corrected chi connectivity index (χ0v) is 8.87. The molecule has 0 heterocycles. The first-order chi connectivity index (χ1) is 7.70. The van der Waals surface area contributed by atoms with Gasteiger partial charge in [-0.2, -0.15) is 5.26 Å². The molecule has 2 aromatic carbocycles. The van der Waals surface area contributed by atoms with Crippen LogP contribution in [0.15, 0.2) is 42.5 Å². The van der Waals surface area contributed by atoms with Crippen LogP contribution in [-0.2, 0) is 0 Å². The molecule has 0 bridgehead atoms. The number of aryl methyl sites for hydroxylation is 1. The topological polar surface area (TPSA) is 23.8 Å². The predicted octanol–water partition coefficient (Wildman–Crippen LogP) is 3.67. The van der Waals surface area contributed by atoms with Gasteiger partial charge in [-0.15, -0.1) is 0 Å². The third-order valence-corrected chi connectivity index (χ3v) is 2.42. The van der Waals surface area contributed by atoms with Gasteiger partial charge in [0.1, 0.15) is 5.82 Å². The number of rotatable bonds is 1. The smallest absolute Gasteiger partial charge is 0.131 e. The first-order valence-electron chi connectivity index (χ1n) is 4.97. The van der Waals surface area contributed by atoms with Crippen LogP contribution >= 0.6 is 0 Å². The van der Waals surface area contributed by atoms with Crippen LogP contribution in [0, 0.1) is 24.1 Å². The Bertz CT molecular complexity index is 567. The number of nitrogens with zero attached hydrogens (tertiary/aromatic N) is 1. The van der Waals surface area contributed by atoms with Crippen molar-refractivity contribution in [3.8, 4) is 17.2 Å². The Balaban J connectivity index is 2.58. The van der Waals surface area contributed by atoms with Crippen molar-refractivity contribution < 1.29 is 4.39 Å². The quantitative estimate of drug-likeness (QED) is 0.706. The van der Waals surface area contributed by atoms with Crippen LogP contribution in [0.3, 0.4) is 0 Å². The van der Waals surface area contributed by atoms with Gasteiger partial charge in [-0.25, -0.2) is 4.39 Å². The summed E-state index contributed by atoms with van der Waals surface area (Å²) >= 11 is 0. The van der Waals surface area contributed by atoms with Gasteiger partial charge in [0.25, 0.3) is 0 Å². The zero-order valence-electron chi connectivity index (χ0n) is 8.87. The van der Waals surface area contributed by atoms with Crippen molar-refractivity contribution in [2.45, 2.75) is 6.92 Å². The summed E-state index contributed by atoms with van der Waals surface area (Å²) in [6.07, 6.45) is 0. The molecule has 0 saturated heterocycles. The SMILES string of the molecule is Cc1ccc(F)c(-c2cccc(C#N)c2)c1. The molecule has 16 heavy (non-hydrogen) atoms. The third-order valence-electron chi connectivity index (χ3n) is 2.42. The number of benzene rings is 2. The number of nitriles is 1. The van der Waals surface area contributed by atoms with Crippen molar-refractivity contribution in [3.05, 3.63) is 59.4 Å². The highest BCUT2D eigenvalue weighted by Gasteiger charge is 2.05. The van der Waals surface area contributed by atoms with Gasteiger partial charge in [-0.1, -0.05) is 23.8 Å². The zero-order chi connectivity index (χ0) is 11.5. The molecule has 0 N–H and O–H groups in total. The second-order valence-corrected chi connectivity index (χ2v) is 3.68. The van der Waals surface area contributed by atoms with Gasteiger partial charge >= 0.3 is 0 Å². The van der Waals surface area contributed by atoms with E-state index in [9.17, 15) is 4.39 Å². The second kappa shape index (κ2) is 4.16. The van der Waals surface area contributed by atoms with E-state index >= 15 is 0 Å². The standard InChI is InChI=1S/C14H10FN/c1-10-5-6-14(15)13(7-10)12-4-2-3-11(8-12)9-16/h2-8H,1H3. The van der Waals surface area contributed by atoms with E-state index in [4.69, 9.17) is 5.26 Å². The summed E-state index contributed by atoms with van der Waals surface area (Å²) in [6.45, 7) is 1.91. The van der Waals surface area contributed by atoms with Crippen LogP contribution in [-0.4, -0.2) is 0 Å². The lowest BCUT2D eigenvalue weighted by Crippen LogP contribution is -1.86. The Morgan fingerprint density at radius 1 is 1.12 bits per heavy atom. The Hall–Kier alpha value is -2.14. The van der Waals surface area contributed by atoms with Crippen LogP contribution in [0.2, 0.25) is 0 Å². The van der Waals surface area contributed by atoms with Crippen molar-refractivity contribution in [3.63, 3.8) is 0 Å². The van der Waals surface area contributed by atoms with Gasteiger partial charge in [0.05, 0.1) is 11.6 Å². The maximum absolute atomic E-state index is 13.6. The van der Waals surface area contributed by atoms with E-state index in [1.807, 2.05) is 13.0 Å². The summed E-state index contributed by atoms with van der Waals surface area (Å²) in [4.78, 5) is 0. The summed E-state index contributed by atoms with van der Waals surface area (Å²) in [5, 5.41) is 8.79. The maximum Gasteiger partial charge on any atom is 0.131 e. The molecule has 0 aliphatic rings. The molecule has 0 aromatic heterocycles. The predicted molar refractivity (Wildman–Crippen MR) is 61.3 cm³/mol. The minimum Gasteiger partial charge on any atom is -0.206 e. The molecule has 1 nitrogen and oxygen atoms in total. The van der Waals surface area contributed by atoms with E-state index in [1.165, 1.54) is 6.07 Å². The van der Waals surface area contributed by atoms with Crippen LogP contribution in [0.1, 0.15) is 11.1 Å². The van der Waals surface area contributed by atoms with E-state index in [-0.39, 0.29) is 5.82 Å². The molecule has 0 spiro atoms. The Kier molecular flexibility index (Phi) is 2.70. The molecule has 2 heteroatoms. The molecule has 78 valence electrons. The minimum absolute atomic E-state index is 0.263. The van der Waals surface area contributed by atoms with Crippen LogP contribution in [0.5, 0.6) is 0 Å². The summed E-state index contributed by atoms with van der Waals surface area (Å²) in [5.74, 6) is -0.263. The third kappa shape index (κ3) is 1.94. The van der Waals surface area contributed by atoms with E-state index in [1.54, 1.807) is 36.4 Å². The highest BCUT2D eigenvalue weighted by Crippen LogP contribution is 2.24.